The second kappa shape index (κ2) is 4.99. The first-order valence-electron chi connectivity index (χ1n) is 6.77. The van der Waals surface area contributed by atoms with Crippen LogP contribution in [0.15, 0.2) is 42.5 Å². The Morgan fingerprint density at radius 2 is 2.00 bits per heavy atom. The molecule has 94 valence electrons. The minimum absolute atomic E-state index is 0.647. The number of likely N-dealkylation sites (N-methyl/N-ethyl adjacent to an activating group) is 1. The fourth-order valence-electron chi connectivity index (χ4n) is 2.88. The minimum atomic E-state index is 0.647. The van der Waals surface area contributed by atoms with Gasteiger partial charge in [-0.1, -0.05) is 36.4 Å². The Morgan fingerprint density at radius 3 is 2.83 bits per heavy atom. The Morgan fingerprint density at radius 1 is 1.17 bits per heavy atom. The van der Waals surface area contributed by atoms with Crippen molar-refractivity contribution >= 4 is 16.5 Å². The number of hydrogen-bond acceptors (Lipinski definition) is 2. The molecule has 1 N–H and O–H groups in total. The number of nitrogens with one attached hydrogen (secondary N) is 1. The lowest BCUT2D eigenvalue weighted by molar-refractivity contribution is 0.600. The maximum absolute atomic E-state index is 3.56. The maximum atomic E-state index is 3.56. The second-order valence-corrected chi connectivity index (χ2v) is 5.17. The number of anilines is 1. The van der Waals surface area contributed by atoms with Crippen LogP contribution in [0, 0.1) is 0 Å². The number of rotatable bonds is 3. The fourth-order valence-corrected chi connectivity index (χ4v) is 2.88. The van der Waals surface area contributed by atoms with E-state index in [0.29, 0.717) is 6.04 Å². The van der Waals surface area contributed by atoms with Crippen molar-refractivity contribution in [3.63, 3.8) is 0 Å². The molecule has 1 aliphatic heterocycles. The summed E-state index contributed by atoms with van der Waals surface area (Å²) in [4.78, 5) is 2.38. The number of benzene rings is 2. The van der Waals surface area contributed by atoms with Crippen LogP contribution in [-0.2, 0) is 0 Å². The minimum Gasteiger partial charge on any atom is -0.373 e. The van der Waals surface area contributed by atoms with Crippen molar-refractivity contribution in [3.05, 3.63) is 42.5 Å². The van der Waals surface area contributed by atoms with Gasteiger partial charge in [0, 0.05) is 30.7 Å². The van der Waals surface area contributed by atoms with Crippen LogP contribution in [0.25, 0.3) is 10.8 Å². The predicted octanol–water partition coefficient (Wildman–Crippen LogP) is 3.03. The van der Waals surface area contributed by atoms with E-state index in [-0.39, 0.29) is 0 Å². The van der Waals surface area contributed by atoms with Gasteiger partial charge in [-0.25, -0.2) is 0 Å². The van der Waals surface area contributed by atoms with Gasteiger partial charge in [0.25, 0.3) is 0 Å². The lowest BCUT2D eigenvalue weighted by Crippen LogP contribution is -2.35. The molecule has 1 heterocycles. The average molecular weight is 240 g/mol. The molecule has 1 fully saturated rings. The Hall–Kier alpha value is -1.54. The third-order valence-corrected chi connectivity index (χ3v) is 3.83. The number of fused-ring (bicyclic) bond motifs is 1. The molecule has 2 nitrogen and oxygen atoms in total. The van der Waals surface area contributed by atoms with Crippen LogP contribution < -0.4 is 10.2 Å². The summed E-state index contributed by atoms with van der Waals surface area (Å²) in [6, 6.07) is 15.8. The molecule has 18 heavy (non-hydrogen) atoms. The van der Waals surface area contributed by atoms with E-state index >= 15 is 0 Å². The SMILES string of the molecule is CN(C[C@@H]1CCCN1)c1cccc2ccccc12. The molecular weight excluding hydrogens is 220 g/mol. The number of nitrogens with zero attached hydrogens (tertiary/aromatic N) is 1. The molecule has 0 radical (unpaired) electrons. The van der Waals surface area contributed by atoms with Crippen LogP contribution in [0.5, 0.6) is 0 Å². The van der Waals surface area contributed by atoms with Crippen LogP contribution in [0.2, 0.25) is 0 Å². The highest BCUT2D eigenvalue weighted by molar-refractivity contribution is 5.94. The zero-order chi connectivity index (χ0) is 12.4. The molecule has 2 heteroatoms. The summed E-state index contributed by atoms with van der Waals surface area (Å²) in [5, 5.41) is 6.23. The van der Waals surface area contributed by atoms with E-state index in [1.54, 1.807) is 0 Å². The quantitative estimate of drug-likeness (QED) is 0.887. The van der Waals surface area contributed by atoms with Crippen molar-refractivity contribution < 1.29 is 0 Å². The van der Waals surface area contributed by atoms with Crippen LogP contribution in [0.3, 0.4) is 0 Å². The van der Waals surface area contributed by atoms with E-state index in [0.717, 1.165) is 6.54 Å². The lowest BCUT2D eigenvalue weighted by atomic mass is 10.1. The third kappa shape index (κ3) is 2.21. The van der Waals surface area contributed by atoms with Gasteiger partial charge in [-0.3, -0.25) is 0 Å². The van der Waals surface area contributed by atoms with Crippen molar-refractivity contribution in [2.75, 3.05) is 25.0 Å². The first kappa shape index (κ1) is 11.5. The van der Waals surface area contributed by atoms with Gasteiger partial charge in [0.05, 0.1) is 0 Å². The molecule has 1 aliphatic rings. The van der Waals surface area contributed by atoms with Gasteiger partial charge >= 0.3 is 0 Å². The van der Waals surface area contributed by atoms with Crippen molar-refractivity contribution in [2.45, 2.75) is 18.9 Å². The van der Waals surface area contributed by atoms with Crippen molar-refractivity contribution in [3.8, 4) is 0 Å². The van der Waals surface area contributed by atoms with Crippen LogP contribution in [-0.4, -0.2) is 26.2 Å². The third-order valence-electron chi connectivity index (χ3n) is 3.83. The van der Waals surface area contributed by atoms with Crippen molar-refractivity contribution in [1.82, 2.24) is 5.32 Å². The summed E-state index contributed by atoms with van der Waals surface area (Å²) < 4.78 is 0. The molecule has 0 bridgehead atoms. The molecule has 0 aliphatic carbocycles. The first-order chi connectivity index (χ1) is 8.84. The summed E-state index contributed by atoms with van der Waals surface area (Å²) in [6.45, 7) is 2.27. The van der Waals surface area contributed by atoms with Gasteiger partial charge < -0.3 is 10.2 Å². The molecule has 2 aromatic carbocycles. The summed E-state index contributed by atoms with van der Waals surface area (Å²) in [6.07, 6.45) is 2.61. The van der Waals surface area contributed by atoms with E-state index in [1.165, 1.54) is 35.8 Å². The van der Waals surface area contributed by atoms with E-state index in [2.05, 4.69) is 59.7 Å². The summed E-state index contributed by atoms with van der Waals surface area (Å²) >= 11 is 0. The Bertz CT molecular complexity index is 524. The molecule has 0 unspecified atom stereocenters. The Labute approximate surface area is 109 Å². The van der Waals surface area contributed by atoms with E-state index < -0.39 is 0 Å². The highest BCUT2D eigenvalue weighted by Gasteiger charge is 2.16. The molecule has 3 rings (SSSR count). The summed E-state index contributed by atoms with van der Waals surface area (Å²) in [7, 11) is 2.20. The summed E-state index contributed by atoms with van der Waals surface area (Å²) in [5.41, 5.74) is 1.34. The van der Waals surface area contributed by atoms with Crippen LogP contribution in [0.1, 0.15) is 12.8 Å². The molecule has 0 aromatic heterocycles. The second-order valence-electron chi connectivity index (χ2n) is 5.17. The topological polar surface area (TPSA) is 15.3 Å². The molecular formula is C16H20N2. The van der Waals surface area contributed by atoms with Crippen LogP contribution in [0.4, 0.5) is 5.69 Å². The van der Waals surface area contributed by atoms with Crippen molar-refractivity contribution in [2.24, 2.45) is 0 Å². The maximum Gasteiger partial charge on any atom is 0.0443 e. The van der Waals surface area contributed by atoms with E-state index in [1.807, 2.05) is 0 Å². The van der Waals surface area contributed by atoms with E-state index in [4.69, 9.17) is 0 Å². The van der Waals surface area contributed by atoms with Gasteiger partial charge in [0.15, 0.2) is 0 Å². The first-order valence-corrected chi connectivity index (χ1v) is 6.77. The van der Waals surface area contributed by atoms with E-state index in [9.17, 15) is 0 Å². The molecule has 2 aromatic rings. The largest absolute Gasteiger partial charge is 0.373 e. The smallest absolute Gasteiger partial charge is 0.0443 e. The predicted molar refractivity (Wildman–Crippen MR) is 78.2 cm³/mol. The highest BCUT2D eigenvalue weighted by Crippen LogP contribution is 2.26. The van der Waals surface area contributed by atoms with Gasteiger partial charge in [-0.15, -0.1) is 0 Å². The summed E-state index contributed by atoms with van der Waals surface area (Å²) in [5.74, 6) is 0. The van der Waals surface area contributed by atoms with Crippen molar-refractivity contribution in [1.29, 1.82) is 0 Å². The zero-order valence-corrected chi connectivity index (χ0v) is 10.9. The molecule has 1 saturated heterocycles. The normalized spacial score (nSPS) is 19.3. The van der Waals surface area contributed by atoms with Gasteiger partial charge in [-0.05, 0) is 30.8 Å². The lowest BCUT2D eigenvalue weighted by Gasteiger charge is -2.24. The average Bonchev–Trinajstić information content (AvgIpc) is 2.91. The van der Waals surface area contributed by atoms with Crippen LogP contribution >= 0.6 is 0 Å². The van der Waals surface area contributed by atoms with Gasteiger partial charge in [-0.2, -0.15) is 0 Å². The molecule has 0 amide bonds. The fraction of sp³-hybridized carbons (Fsp3) is 0.375. The standard InChI is InChI=1S/C16H20N2/c1-18(12-14-8-5-11-17-14)16-10-4-7-13-6-2-3-9-15(13)16/h2-4,6-7,9-10,14,17H,5,8,11-12H2,1H3/t14-/m0/s1. The van der Waals surface area contributed by atoms with Gasteiger partial charge in [0.2, 0.25) is 0 Å². The monoisotopic (exact) mass is 240 g/mol. The molecule has 1 atom stereocenters. The van der Waals surface area contributed by atoms with Gasteiger partial charge in [0.1, 0.15) is 0 Å². The zero-order valence-electron chi connectivity index (χ0n) is 10.9. The Kier molecular flexibility index (Phi) is 3.20. The Balaban J connectivity index is 1.88. The molecule has 0 spiro atoms. The number of hydrogen-bond donors (Lipinski definition) is 1. The highest BCUT2D eigenvalue weighted by atomic mass is 15.1. The molecule has 0 saturated carbocycles.